The van der Waals surface area contributed by atoms with Gasteiger partial charge in [0.1, 0.15) is 5.75 Å². The number of benzene rings is 2. The van der Waals surface area contributed by atoms with Crippen molar-refractivity contribution in [2.45, 2.75) is 6.54 Å². The number of ether oxygens (including phenoxy) is 1. The molecule has 1 aliphatic rings. The van der Waals surface area contributed by atoms with Crippen molar-refractivity contribution in [3.8, 4) is 5.75 Å². The van der Waals surface area contributed by atoms with Crippen molar-refractivity contribution in [3.63, 3.8) is 0 Å². The van der Waals surface area contributed by atoms with E-state index < -0.39 is 0 Å². The van der Waals surface area contributed by atoms with E-state index in [9.17, 15) is 4.79 Å². The molecule has 1 aliphatic heterocycles. The molecule has 0 unspecified atom stereocenters. The molecule has 138 valence electrons. The lowest BCUT2D eigenvalue weighted by Gasteiger charge is -2.34. The van der Waals surface area contributed by atoms with Gasteiger partial charge in [-0.3, -0.25) is 4.90 Å². The molecule has 3 rings (SSSR count). The summed E-state index contributed by atoms with van der Waals surface area (Å²) in [5.74, 6) is 0.583. The molecule has 0 aromatic heterocycles. The molecule has 0 radical (unpaired) electrons. The molecule has 5 nitrogen and oxygen atoms in total. The number of hydrogen-bond donors (Lipinski definition) is 1. The van der Waals surface area contributed by atoms with Crippen LogP contribution >= 0.6 is 23.2 Å². The second-order valence-electron chi connectivity index (χ2n) is 6.13. The van der Waals surface area contributed by atoms with Gasteiger partial charge >= 0.3 is 6.03 Å². The van der Waals surface area contributed by atoms with Crippen LogP contribution in [0.1, 0.15) is 5.56 Å². The number of amides is 2. The van der Waals surface area contributed by atoms with E-state index in [4.69, 9.17) is 27.9 Å². The molecule has 2 aromatic carbocycles. The van der Waals surface area contributed by atoms with Gasteiger partial charge in [-0.25, -0.2) is 4.79 Å². The quantitative estimate of drug-likeness (QED) is 0.839. The zero-order chi connectivity index (χ0) is 18.5. The Morgan fingerprint density at radius 1 is 1.12 bits per heavy atom. The molecule has 0 atom stereocenters. The standard InChI is InChI=1S/C19H21Cl2N3O2/c1-26-18-7-6-15(20)12-17(18)22-19(25)24-10-8-23(9-11-24)13-14-4-2-3-5-16(14)21/h2-7,12H,8-11,13H2,1H3,(H,22,25). The van der Waals surface area contributed by atoms with Crippen molar-refractivity contribution in [3.05, 3.63) is 58.1 Å². The van der Waals surface area contributed by atoms with Gasteiger partial charge in [-0.2, -0.15) is 0 Å². The number of hydrogen-bond acceptors (Lipinski definition) is 3. The lowest BCUT2D eigenvalue weighted by molar-refractivity contribution is 0.143. The second kappa shape index (κ2) is 8.62. The van der Waals surface area contributed by atoms with Crippen molar-refractivity contribution in [1.82, 2.24) is 9.80 Å². The number of nitrogens with one attached hydrogen (secondary N) is 1. The van der Waals surface area contributed by atoms with Crippen molar-refractivity contribution < 1.29 is 9.53 Å². The van der Waals surface area contributed by atoms with Crippen molar-refractivity contribution >= 4 is 34.9 Å². The number of urea groups is 1. The van der Waals surface area contributed by atoms with Crippen molar-refractivity contribution in [2.75, 3.05) is 38.6 Å². The Morgan fingerprint density at radius 2 is 1.85 bits per heavy atom. The van der Waals surface area contributed by atoms with Gasteiger partial charge in [0.2, 0.25) is 0 Å². The highest BCUT2D eigenvalue weighted by Gasteiger charge is 2.22. The third-order valence-electron chi connectivity index (χ3n) is 4.41. The van der Waals surface area contributed by atoms with Gasteiger partial charge in [0, 0.05) is 42.8 Å². The molecule has 1 heterocycles. The average molecular weight is 394 g/mol. The zero-order valence-corrected chi connectivity index (χ0v) is 16.1. The van der Waals surface area contributed by atoms with Crippen LogP contribution < -0.4 is 10.1 Å². The number of carbonyl (C=O) groups is 1. The van der Waals surface area contributed by atoms with Gasteiger partial charge < -0.3 is 15.0 Å². The summed E-state index contributed by atoms with van der Waals surface area (Å²) in [6.07, 6.45) is 0. The predicted molar refractivity (Wildman–Crippen MR) is 105 cm³/mol. The van der Waals surface area contributed by atoms with E-state index in [0.29, 0.717) is 29.5 Å². The summed E-state index contributed by atoms with van der Waals surface area (Å²) < 4.78 is 5.27. The van der Waals surface area contributed by atoms with Crippen molar-refractivity contribution in [2.24, 2.45) is 0 Å². The van der Waals surface area contributed by atoms with Gasteiger partial charge in [0.25, 0.3) is 0 Å². The third-order valence-corrected chi connectivity index (χ3v) is 5.02. The van der Waals surface area contributed by atoms with Crippen LogP contribution in [0, 0.1) is 0 Å². The molecule has 2 aromatic rings. The molecule has 7 heteroatoms. The van der Waals surface area contributed by atoms with E-state index in [1.807, 2.05) is 24.3 Å². The van der Waals surface area contributed by atoms with Crippen LogP contribution in [0.3, 0.4) is 0 Å². The molecule has 1 fully saturated rings. The Balaban J connectivity index is 1.55. The Morgan fingerprint density at radius 3 is 2.54 bits per heavy atom. The minimum Gasteiger partial charge on any atom is -0.495 e. The molecule has 0 spiro atoms. The van der Waals surface area contributed by atoms with E-state index in [1.165, 1.54) is 0 Å². The molecular weight excluding hydrogens is 373 g/mol. The number of anilines is 1. The summed E-state index contributed by atoms with van der Waals surface area (Å²) in [5.41, 5.74) is 1.68. The van der Waals surface area contributed by atoms with Crippen LogP contribution in [-0.4, -0.2) is 49.1 Å². The number of methoxy groups -OCH3 is 1. The number of piperazine rings is 1. The first-order valence-corrected chi connectivity index (χ1v) is 9.17. The van der Waals surface area contributed by atoms with Crippen LogP contribution in [0.4, 0.5) is 10.5 Å². The highest BCUT2D eigenvalue weighted by Crippen LogP contribution is 2.28. The first-order valence-electron chi connectivity index (χ1n) is 8.42. The molecule has 0 bridgehead atoms. The molecule has 1 N–H and O–H groups in total. The summed E-state index contributed by atoms with van der Waals surface area (Å²) in [7, 11) is 1.56. The first-order chi connectivity index (χ1) is 12.6. The van der Waals surface area contributed by atoms with Gasteiger partial charge in [0.05, 0.1) is 12.8 Å². The minimum atomic E-state index is -0.150. The second-order valence-corrected chi connectivity index (χ2v) is 6.97. The lowest BCUT2D eigenvalue weighted by atomic mass is 10.2. The number of halogens is 2. The normalized spacial score (nSPS) is 15.0. The monoisotopic (exact) mass is 393 g/mol. The van der Waals surface area contributed by atoms with Gasteiger partial charge in [0.15, 0.2) is 0 Å². The minimum absolute atomic E-state index is 0.150. The van der Waals surface area contributed by atoms with Crippen molar-refractivity contribution in [1.29, 1.82) is 0 Å². The molecule has 0 saturated carbocycles. The predicted octanol–water partition coefficient (Wildman–Crippen LogP) is 4.35. The molecule has 26 heavy (non-hydrogen) atoms. The Kier molecular flexibility index (Phi) is 6.25. The van der Waals surface area contributed by atoms with Crippen LogP contribution in [0.15, 0.2) is 42.5 Å². The maximum atomic E-state index is 12.5. The highest BCUT2D eigenvalue weighted by molar-refractivity contribution is 6.31. The van der Waals surface area contributed by atoms with Crippen LogP contribution in [0.5, 0.6) is 5.75 Å². The number of rotatable bonds is 4. The van der Waals surface area contributed by atoms with E-state index in [1.54, 1.807) is 30.2 Å². The average Bonchev–Trinajstić information content (AvgIpc) is 2.64. The topological polar surface area (TPSA) is 44.8 Å². The summed E-state index contributed by atoms with van der Waals surface area (Å²) in [4.78, 5) is 16.6. The smallest absolute Gasteiger partial charge is 0.322 e. The summed E-state index contributed by atoms with van der Waals surface area (Å²) in [6, 6.07) is 12.9. The van der Waals surface area contributed by atoms with Crippen LogP contribution in [0.2, 0.25) is 10.0 Å². The molecule has 0 aliphatic carbocycles. The van der Waals surface area contributed by atoms with E-state index in [-0.39, 0.29) is 6.03 Å². The summed E-state index contributed by atoms with van der Waals surface area (Å²) in [5, 5.41) is 4.21. The van der Waals surface area contributed by atoms with E-state index >= 15 is 0 Å². The Bertz CT molecular complexity index is 777. The van der Waals surface area contributed by atoms with Gasteiger partial charge in [-0.1, -0.05) is 41.4 Å². The third kappa shape index (κ3) is 4.61. The largest absolute Gasteiger partial charge is 0.495 e. The fraction of sp³-hybridized carbons (Fsp3) is 0.316. The van der Waals surface area contributed by atoms with Crippen LogP contribution in [-0.2, 0) is 6.54 Å². The Labute approximate surface area is 163 Å². The fourth-order valence-electron chi connectivity index (χ4n) is 2.95. The number of carbonyl (C=O) groups excluding carboxylic acids is 1. The van der Waals surface area contributed by atoms with E-state index in [2.05, 4.69) is 10.2 Å². The van der Waals surface area contributed by atoms with E-state index in [0.717, 1.165) is 30.2 Å². The van der Waals surface area contributed by atoms with Gasteiger partial charge in [-0.05, 0) is 29.8 Å². The lowest BCUT2D eigenvalue weighted by Crippen LogP contribution is -2.49. The molecule has 1 saturated heterocycles. The highest BCUT2D eigenvalue weighted by atomic mass is 35.5. The SMILES string of the molecule is COc1ccc(Cl)cc1NC(=O)N1CCN(Cc2ccccc2Cl)CC1. The molecule has 2 amide bonds. The zero-order valence-electron chi connectivity index (χ0n) is 14.5. The number of nitrogens with zero attached hydrogens (tertiary/aromatic N) is 2. The maximum absolute atomic E-state index is 12.5. The molecular formula is C19H21Cl2N3O2. The van der Waals surface area contributed by atoms with Crippen LogP contribution in [0.25, 0.3) is 0 Å². The maximum Gasteiger partial charge on any atom is 0.322 e. The first kappa shape index (κ1) is 18.8. The van der Waals surface area contributed by atoms with Gasteiger partial charge in [-0.15, -0.1) is 0 Å². The summed E-state index contributed by atoms with van der Waals surface area (Å²) >= 11 is 12.2. The summed E-state index contributed by atoms with van der Waals surface area (Å²) in [6.45, 7) is 3.69. The fourth-order valence-corrected chi connectivity index (χ4v) is 3.32. The Hall–Kier alpha value is -1.95.